The molecule has 2 saturated heterocycles. The van der Waals surface area contributed by atoms with Crippen LogP contribution in [0, 0.1) is 11.8 Å². The topological polar surface area (TPSA) is 31.6 Å². The summed E-state index contributed by atoms with van der Waals surface area (Å²) >= 11 is 0. The molecular formula is C21H31N3O. The van der Waals surface area contributed by atoms with Gasteiger partial charge in [-0.05, 0) is 73.8 Å². The van der Waals surface area contributed by atoms with Crippen molar-refractivity contribution in [2.75, 3.05) is 39.3 Å². The summed E-state index contributed by atoms with van der Waals surface area (Å²) in [6.45, 7) is 10.4. The van der Waals surface area contributed by atoms with Crippen LogP contribution in [0.15, 0.2) is 30.5 Å². The monoisotopic (exact) mass is 341 g/mol. The first kappa shape index (κ1) is 17.1. The smallest absolute Gasteiger partial charge is 0.0480 e. The number of benzene rings is 1. The molecule has 0 amide bonds. The Kier molecular flexibility index (Phi) is 5.11. The molecule has 4 nitrogen and oxygen atoms in total. The van der Waals surface area contributed by atoms with Gasteiger partial charge in [-0.3, -0.25) is 4.90 Å². The van der Waals surface area contributed by atoms with Gasteiger partial charge in [0.2, 0.25) is 0 Å². The summed E-state index contributed by atoms with van der Waals surface area (Å²) in [5.41, 5.74) is 2.72. The fourth-order valence-corrected chi connectivity index (χ4v) is 4.76. The molecule has 1 N–H and O–H groups in total. The van der Waals surface area contributed by atoms with Gasteiger partial charge in [0, 0.05) is 51.0 Å². The number of aromatic nitrogens is 1. The lowest BCUT2D eigenvalue weighted by Crippen LogP contribution is -2.31. The third-order valence-corrected chi connectivity index (χ3v) is 6.16. The maximum atomic E-state index is 9.82. The Hall–Kier alpha value is -1.36. The second-order valence-corrected chi connectivity index (χ2v) is 7.90. The molecule has 2 fully saturated rings. The number of rotatable bonds is 6. The molecule has 3 heterocycles. The second kappa shape index (κ2) is 7.48. The van der Waals surface area contributed by atoms with E-state index in [9.17, 15) is 5.11 Å². The maximum absolute atomic E-state index is 9.82. The van der Waals surface area contributed by atoms with Crippen LogP contribution in [0.1, 0.15) is 25.3 Å². The van der Waals surface area contributed by atoms with Crippen LogP contribution < -0.4 is 0 Å². The Bertz CT molecular complexity index is 704. The fourth-order valence-electron chi connectivity index (χ4n) is 4.76. The van der Waals surface area contributed by atoms with Gasteiger partial charge in [0.05, 0.1) is 0 Å². The van der Waals surface area contributed by atoms with Gasteiger partial charge in [0.1, 0.15) is 0 Å². The Balaban J connectivity index is 1.42. The Morgan fingerprint density at radius 3 is 2.60 bits per heavy atom. The lowest BCUT2D eigenvalue weighted by atomic mass is 9.96. The second-order valence-electron chi connectivity index (χ2n) is 7.90. The molecule has 2 aliphatic heterocycles. The lowest BCUT2D eigenvalue weighted by molar-refractivity contribution is 0.175. The molecule has 2 aliphatic rings. The molecule has 0 aliphatic carbocycles. The first-order valence-corrected chi connectivity index (χ1v) is 9.90. The van der Waals surface area contributed by atoms with Crippen LogP contribution in [0.5, 0.6) is 0 Å². The summed E-state index contributed by atoms with van der Waals surface area (Å²) in [5, 5.41) is 11.2. The predicted octanol–water partition coefficient (Wildman–Crippen LogP) is 2.80. The van der Waals surface area contributed by atoms with Crippen LogP contribution in [0.4, 0.5) is 0 Å². The standard InChI is InChI=1S/C21H31N3O/c1-2-24-10-7-18-11-17(5-6-21(18)24)12-23-14-19(20(15-23)16-25)13-22-8-3-4-9-22/h5-7,10-11,19-20,25H,2-4,8-9,12-16H2,1H3/t19-,20-/m1/s1. The predicted molar refractivity (Wildman–Crippen MR) is 103 cm³/mol. The van der Waals surface area contributed by atoms with E-state index < -0.39 is 0 Å². The van der Waals surface area contributed by atoms with Crippen LogP contribution in [0.3, 0.4) is 0 Å². The molecule has 0 saturated carbocycles. The van der Waals surface area contributed by atoms with E-state index in [0.717, 1.165) is 26.2 Å². The minimum Gasteiger partial charge on any atom is -0.396 e. The van der Waals surface area contributed by atoms with Gasteiger partial charge < -0.3 is 14.6 Å². The summed E-state index contributed by atoms with van der Waals surface area (Å²) in [4.78, 5) is 5.13. The average Bonchev–Trinajstić information content (AvgIpc) is 3.35. The summed E-state index contributed by atoms with van der Waals surface area (Å²) in [6, 6.07) is 9.09. The molecule has 1 aromatic carbocycles. The maximum Gasteiger partial charge on any atom is 0.0480 e. The van der Waals surface area contributed by atoms with Crippen molar-refractivity contribution in [2.45, 2.75) is 32.9 Å². The molecule has 2 aromatic rings. The zero-order valence-electron chi connectivity index (χ0n) is 15.4. The van der Waals surface area contributed by atoms with E-state index in [0.29, 0.717) is 18.4 Å². The number of aryl methyl sites for hydroxylation is 1. The highest BCUT2D eigenvalue weighted by molar-refractivity contribution is 5.80. The largest absolute Gasteiger partial charge is 0.396 e. The van der Waals surface area contributed by atoms with E-state index in [-0.39, 0.29) is 0 Å². The molecule has 2 atom stereocenters. The van der Waals surface area contributed by atoms with Crippen molar-refractivity contribution in [1.29, 1.82) is 0 Å². The number of likely N-dealkylation sites (tertiary alicyclic amines) is 2. The van der Waals surface area contributed by atoms with Crippen LogP contribution >= 0.6 is 0 Å². The third-order valence-electron chi connectivity index (χ3n) is 6.16. The Morgan fingerprint density at radius 2 is 1.84 bits per heavy atom. The number of aliphatic hydroxyl groups is 1. The van der Waals surface area contributed by atoms with Gasteiger partial charge in [-0.1, -0.05) is 6.07 Å². The normalized spacial score (nSPS) is 25.4. The lowest BCUT2D eigenvalue weighted by Gasteiger charge is -2.23. The highest BCUT2D eigenvalue weighted by Crippen LogP contribution is 2.27. The van der Waals surface area contributed by atoms with Crippen molar-refractivity contribution < 1.29 is 5.11 Å². The molecule has 0 radical (unpaired) electrons. The number of aliphatic hydroxyl groups excluding tert-OH is 1. The van der Waals surface area contributed by atoms with Crippen LogP contribution in [-0.2, 0) is 13.1 Å². The summed E-state index contributed by atoms with van der Waals surface area (Å²) < 4.78 is 2.29. The van der Waals surface area contributed by atoms with Crippen molar-refractivity contribution >= 4 is 10.9 Å². The molecule has 4 rings (SSSR count). The average molecular weight is 341 g/mol. The zero-order chi connectivity index (χ0) is 17.2. The van der Waals surface area contributed by atoms with Gasteiger partial charge >= 0.3 is 0 Å². The molecule has 0 unspecified atom stereocenters. The van der Waals surface area contributed by atoms with Crippen molar-refractivity contribution in [1.82, 2.24) is 14.4 Å². The number of fused-ring (bicyclic) bond motifs is 1. The molecule has 25 heavy (non-hydrogen) atoms. The molecule has 0 spiro atoms. The molecule has 4 heteroatoms. The highest BCUT2D eigenvalue weighted by atomic mass is 16.3. The quantitative estimate of drug-likeness (QED) is 0.877. The van der Waals surface area contributed by atoms with E-state index in [2.05, 4.69) is 51.8 Å². The van der Waals surface area contributed by atoms with Crippen molar-refractivity contribution in [3.05, 3.63) is 36.0 Å². The van der Waals surface area contributed by atoms with E-state index in [1.807, 2.05) is 0 Å². The summed E-state index contributed by atoms with van der Waals surface area (Å²) in [6.07, 6.45) is 4.87. The van der Waals surface area contributed by atoms with E-state index in [1.165, 1.54) is 48.9 Å². The highest BCUT2D eigenvalue weighted by Gasteiger charge is 2.33. The molecular weight excluding hydrogens is 310 g/mol. The van der Waals surface area contributed by atoms with Crippen molar-refractivity contribution in [3.8, 4) is 0 Å². The first-order chi connectivity index (χ1) is 12.3. The van der Waals surface area contributed by atoms with E-state index in [4.69, 9.17) is 0 Å². The van der Waals surface area contributed by atoms with Gasteiger partial charge in [-0.25, -0.2) is 0 Å². The van der Waals surface area contributed by atoms with Gasteiger partial charge in [0.25, 0.3) is 0 Å². The van der Waals surface area contributed by atoms with Crippen molar-refractivity contribution in [2.24, 2.45) is 11.8 Å². The van der Waals surface area contributed by atoms with Crippen molar-refractivity contribution in [3.63, 3.8) is 0 Å². The molecule has 1 aromatic heterocycles. The molecule has 0 bridgehead atoms. The first-order valence-electron chi connectivity index (χ1n) is 9.90. The number of hydrogen-bond donors (Lipinski definition) is 1. The third kappa shape index (κ3) is 3.62. The minimum atomic E-state index is 0.327. The van der Waals surface area contributed by atoms with Crippen LogP contribution in [0.2, 0.25) is 0 Å². The van der Waals surface area contributed by atoms with Crippen LogP contribution in [-0.4, -0.2) is 58.8 Å². The summed E-state index contributed by atoms with van der Waals surface area (Å²) in [5.74, 6) is 1.05. The van der Waals surface area contributed by atoms with Gasteiger partial charge in [-0.2, -0.15) is 0 Å². The summed E-state index contributed by atoms with van der Waals surface area (Å²) in [7, 11) is 0. The van der Waals surface area contributed by atoms with Gasteiger partial charge in [-0.15, -0.1) is 0 Å². The minimum absolute atomic E-state index is 0.327. The SMILES string of the molecule is CCn1ccc2cc(CN3C[C@@H](CN4CCCC4)[C@@H](CO)C3)ccc21. The van der Waals surface area contributed by atoms with E-state index >= 15 is 0 Å². The Labute approximate surface area is 151 Å². The molecule has 136 valence electrons. The fraction of sp³-hybridized carbons (Fsp3) is 0.619. The van der Waals surface area contributed by atoms with Gasteiger partial charge in [0.15, 0.2) is 0 Å². The number of nitrogens with zero attached hydrogens (tertiary/aromatic N) is 3. The Morgan fingerprint density at radius 1 is 1.04 bits per heavy atom. The number of hydrogen-bond acceptors (Lipinski definition) is 3. The zero-order valence-corrected chi connectivity index (χ0v) is 15.4. The van der Waals surface area contributed by atoms with E-state index in [1.54, 1.807) is 0 Å². The van der Waals surface area contributed by atoms with Crippen LogP contribution in [0.25, 0.3) is 10.9 Å².